The minimum Gasteiger partial charge on any atom is -0.497 e. The van der Waals surface area contributed by atoms with E-state index in [2.05, 4.69) is 5.16 Å². The maximum Gasteiger partial charge on any atom is 0.276 e. The van der Waals surface area contributed by atoms with Gasteiger partial charge in [0.15, 0.2) is 11.5 Å². The normalized spacial score (nSPS) is 16.2. The van der Waals surface area contributed by atoms with Gasteiger partial charge in [0.05, 0.1) is 25.8 Å². The molecule has 144 valence electrons. The van der Waals surface area contributed by atoms with Gasteiger partial charge in [0.2, 0.25) is 0 Å². The van der Waals surface area contributed by atoms with Crippen LogP contribution in [0.5, 0.6) is 11.5 Å². The first-order valence-corrected chi connectivity index (χ1v) is 9.26. The number of nitrogens with zero attached hydrogens (tertiary/aromatic N) is 2. The van der Waals surface area contributed by atoms with E-state index in [-0.39, 0.29) is 11.9 Å². The summed E-state index contributed by atoms with van der Waals surface area (Å²) in [4.78, 5) is 15.0. The Morgan fingerprint density at radius 3 is 2.64 bits per heavy atom. The topological polar surface area (TPSA) is 64.8 Å². The van der Waals surface area contributed by atoms with Crippen LogP contribution in [-0.2, 0) is 0 Å². The van der Waals surface area contributed by atoms with E-state index in [4.69, 9.17) is 14.0 Å². The highest BCUT2D eigenvalue weighted by molar-refractivity contribution is 5.93. The Labute approximate surface area is 163 Å². The number of carbonyl (C=O) groups is 1. The van der Waals surface area contributed by atoms with Gasteiger partial charge < -0.3 is 18.9 Å². The maximum absolute atomic E-state index is 13.1. The first kappa shape index (κ1) is 18.1. The van der Waals surface area contributed by atoms with Crippen LogP contribution in [0.3, 0.4) is 0 Å². The Morgan fingerprint density at radius 1 is 1.11 bits per heavy atom. The molecule has 0 bridgehead atoms. The molecule has 0 saturated carbocycles. The second-order valence-corrected chi connectivity index (χ2v) is 6.71. The summed E-state index contributed by atoms with van der Waals surface area (Å²) in [6, 6.07) is 17.1. The van der Waals surface area contributed by atoms with E-state index in [1.54, 1.807) is 20.3 Å². The summed E-state index contributed by atoms with van der Waals surface area (Å²) in [5.74, 6) is 1.87. The van der Waals surface area contributed by atoms with Crippen molar-refractivity contribution in [2.45, 2.75) is 18.9 Å². The lowest BCUT2D eigenvalue weighted by Gasteiger charge is -2.24. The van der Waals surface area contributed by atoms with E-state index in [0.717, 1.165) is 29.7 Å². The van der Waals surface area contributed by atoms with Crippen molar-refractivity contribution in [3.63, 3.8) is 0 Å². The maximum atomic E-state index is 13.1. The van der Waals surface area contributed by atoms with Gasteiger partial charge in [0, 0.05) is 12.6 Å². The van der Waals surface area contributed by atoms with Gasteiger partial charge in [-0.05, 0) is 42.7 Å². The van der Waals surface area contributed by atoms with Gasteiger partial charge in [0.25, 0.3) is 5.91 Å². The molecule has 1 aromatic heterocycles. The van der Waals surface area contributed by atoms with Crippen molar-refractivity contribution in [3.8, 4) is 22.8 Å². The summed E-state index contributed by atoms with van der Waals surface area (Å²) in [7, 11) is 3.25. The van der Waals surface area contributed by atoms with Crippen LogP contribution in [-0.4, -0.2) is 36.7 Å². The van der Waals surface area contributed by atoms with E-state index in [1.165, 1.54) is 0 Å². The predicted octanol–water partition coefficient (Wildman–Crippen LogP) is 4.34. The first-order valence-electron chi connectivity index (χ1n) is 9.26. The third-order valence-electron chi connectivity index (χ3n) is 5.12. The molecule has 2 heterocycles. The van der Waals surface area contributed by atoms with E-state index in [0.29, 0.717) is 23.7 Å². The number of rotatable bonds is 5. The number of benzene rings is 2. The number of hydrogen-bond acceptors (Lipinski definition) is 5. The Kier molecular flexibility index (Phi) is 5.02. The van der Waals surface area contributed by atoms with Crippen LogP contribution >= 0.6 is 0 Å². The molecule has 1 aliphatic rings. The van der Waals surface area contributed by atoms with Crippen molar-refractivity contribution in [3.05, 3.63) is 65.9 Å². The summed E-state index contributed by atoms with van der Waals surface area (Å²) in [6.07, 6.45) is 1.88. The van der Waals surface area contributed by atoms with Gasteiger partial charge in [0.1, 0.15) is 11.5 Å². The minimum absolute atomic E-state index is 0.0322. The molecule has 2 aromatic carbocycles. The molecule has 0 spiro atoms. The zero-order valence-electron chi connectivity index (χ0n) is 15.9. The molecule has 6 heteroatoms. The number of likely N-dealkylation sites (tertiary alicyclic amines) is 1. The molecule has 3 aromatic rings. The van der Waals surface area contributed by atoms with Gasteiger partial charge in [-0.15, -0.1) is 0 Å². The van der Waals surface area contributed by atoms with E-state index < -0.39 is 0 Å². The summed E-state index contributed by atoms with van der Waals surface area (Å²) in [5.41, 5.74) is 2.17. The van der Waals surface area contributed by atoms with Gasteiger partial charge in [-0.1, -0.05) is 29.4 Å². The SMILES string of the molecule is COc1ccc(C2CCCN2C(=O)c2cc(-c3ccccc3OC)on2)cc1. The number of hydrogen-bond donors (Lipinski definition) is 0. The van der Waals surface area contributed by atoms with Crippen LogP contribution in [0.25, 0.3) is 11.3 Å². The summed E-state index contributed by atoms with van der Waals surface area (Å²) in [6.45, 7) is 0.701. The number of carbonyl (C=O) groups excluding carboxylic acids is 1. The first-order chi connectivity index (χ1) is 13.7. The highest BCUT2D eigenvalue weighted by Gasteiger charge is 2.32. The quantitative estimate of drug-likeness (QED) is 0.661. The van der Waals surface area contributed by atoms with Gasteiger partial charge in [-0.2, -0.15) is 0 Å². The molecule has 1 saturated heterocycles. The Morgan fingerprint density at radius 2 is 1.89 bits per heavy atom. The molecule has 1 fully saturated rings. The van der Waals surface area contributed by atoms with E-state index in [9.17, 15) is 4.79 Å². The highest BCUT2D eigenvalue weighted by Crippen LogP contribution is 2.35. The van der Waals surface area contributed by atoms with Crippen molar-refractivity contribution < 1.29 is 18.8 Å². The number of amides is 1. The van der Waals surface area contributed by atoms with Crippen LogP contribution in [0.15, 0.2) is 59.1 Å². The molecular formula is C22H22N2O4. The van der Waals surface area contributed by atoms with Crippen molar-refractivity contribution in [2.75, 3.05) is 20.8 Å². The van der Waals surface area contributed by atoms with Crippen LogP contribution < -0.4 is 9.47 Å². The molecule has 0 aliphatic carbocycles. The number of para-hydroxylation sites is 1. The summed E-state index contributed by atoms with van der Waals surface area (Å²) in [5, 5.41) is 4.03. The van der Waals surface area contributed by atoms with Gasteiger partial charge in [-0.3, -0.25) is 4.79 Å². The number of aromatic nitrogens is 1. The predicted molar refractivity (Wildman–Crippen MR) is 104 cm³/mol. The number of methoxy groups -OCH3 is 2. The monoisotopic (exact) mass is 378 g/mol. The molecule has 0 radical (unpaired) electrons. The van der Waals surface area contributed by atoms with Gasteiger partial charge >= 0.3 is 0 Å². The molecule has 0 N–H and O–H groups in total. The average molecular weight is 378 g/mol. The van der Waals surface area contributed by atoms with E-state index >= 15 is 0 Å². The molecule has 1 amide bonds. The van der Waals surface area contributed by atoms with E-state index in [1.807, 2.05) is 53.4 Å². The summed E-state index contributed by atoms with van der Waals surface area (Å²) >= 11 is 0. The average Bonchev–Trinajstić information content (AvgIpc) is 3.43. The van der Waals surface area contributed by atoms with Crippen LogP contribution in [0.2, 0.25) is 0 Å². The summed E-state index contributed by atoms with van der Waals surface area (Å²) < 4.78 is 16.0. The second kappa shape index (κ2) is 7.76. The van der Waals surface area contributed by atoms with Crippen LogP contribution in [0, 0.1) is 0 Å². The van der Waals surface area contributed by atoms with Crippen LogP contribution in [0.4, 0.5) is 0 Å². The van der Waals surface area contributed by atoms with Crippen molar-refractivity contribution in [1.82, 2.24) is 10.1 Å². The Balaban J connectivity index is 1.58. The lowest BCUT2D eigenvalue weighted by molar-refractivity contribution is 0.0725. The molecule has 1 unspecified atom stereocenters. The molecule has 1 aliphatic heterocycles. The molecule has 28 heavy (non-hydrogen) atoms. The minimum atomic E-state index is -0.122. The molecule has 4 rings (SSSR count). The van der Waals surface area contributed by atoms with Gasteiger partial charge in [-0.25, -0.2) is 0 Å². The Hall–Kier alpha value is -3.28. The molecule has 6 nitrogen and oxygen atoms in total. The molecule has 1 atom stereocenters. The number of ether oxygens (including phenoxy) is 2. The van der Waals surface area contributed by atoms with Crippen molar-refractivity contribution >= 4 is 5.91 Å². The van der Waals surface area contributed by atoms with Crippen LogP contribution in [0.1, 0.15) is 34.9 Å². The lowest BCUT2D eigenvalue weighted by Crippen LogP contribution is -2.30. The largest absolute Gasteiger partial charge is 0.497 e. The molecular weight excluding hydrogens is 356 g/mol. The van der Waals surface area contributed by atoms with Crippen molar-refractivity contribution in [1.29, 1.82) is 0 Å². The highest BCUT2D eigenvalue weighted by atomic mass is 16.5. The zero-order chi connectivity index (χ0) is 19.5. The smallest absolute Gasteiger partial charge is 0.276 e. The second-order valence-electron chi connectivity index (χ2n) is 6.71. The lowest BCUT2D eigenvalue weighted by atomic mass is 10.0. The Bertz CT molecular complexity index is 965. The third-order valence-corrected chi connectivity index (χ3v) is 5.12. The fraction of sp³-hybridized carbons (Fsp3) is 0.273. The fourth-order valence-electron chi connectivity index (χ4n) is 3.68. The zero-order valence-corrected chi connectivity index (χ0v) is 15.9. The standard InChI is InChI=1S/C22H22N2O4/c1-26-16-11-9-15(10-12-16)19-7-5-13-24(19)22(25)18-14-21(28-23-18)17-6-3-4-8-20(17)27-2/h3-4,6,8-12,14,19H,5,7,13H2,1-2H3. The van der Waals surface area contributed by atoms with Crippen molar-refractivity contribution in [2.24, 2.45) is 0 Å². The fourth-order valence-corrected chi connectivity index (χ4v) is 3.68. The third kappa shape index (κ3) is 3.33.